The highest BCUT2D eigenvalue weighted by molar-refractivity contribution is 5.73. The zero-order valence-corrected chi connectivity index (χ0v) is 22.1. The van der Waals surface area contributed by atoms with Crippen LogP contribution in [-0.2, 0) is 21.7 Å². The van der Waals surface area contributed by atoms with Crippen molar-refractivity contribution < 1.29 is 0 Å². The molecular weight excluding hydrogens is 394 g/mol. The van der Waals surface area contributed by atoms with Gasteiger partial charge in [-0.05, 0) is 12.1 Å². The Labute approximate surface area is 193 Å². The summed E-state index contributed by atoms with van der Waals surface area (Å²) >= 11 is 0. The fraction of sp³-hybridized carbons (Fsp3) is 0.593. The minimum Gasteiger partial charge on any atom is -0.281 e. The monoisotopic (exact) mass is 435 g/mol. The van der Waals surface area contributed by atoms with Crippen molar-refractivity contribution in [3.05, 3.63) is 41.0 Å². The lowest BCUT2D eigenvalue weighted by atomic mass is 9.81. The van der Waals surface area contributed by atoms with Crippen molar-refractivity contribution in [1.82, 2.24) is 25.4 Å². The van der Waals surface area contributed by atoms with Gasteiger partial charge in [-0.2, -0.15) is 10.2 Å². The topological polar surface area (TPSA) is 70.2 Å². The highest BCUT2D eigenvalue weighted by atomic mass is 15.1. The molecule has 0 unspecified atom stereocenters. The maximum atomic E-state index is 5.23. The molecule has 0 aliphatic heterocycles. The number of nitrogens with one attached hydrogen (secondary N) is 2. The lowest BCUT2D eigenvalue weighted by molar-refractivity contribution is 0.563. The fourth-order valence-corrected chi connectivity index (χ4v) is 4.07. The molecule has 3 rings (SSSR count). The van der Waals surface area contributed by atoms with Crippen LogP contribution < -0.4 is 0 Å². The molecule has 0 aliphatic carbocycles. The van der Waals surface area contributed by atoms with Crippen LogP contribution in [0.4, 0.5) is 0 Å². The van der Waals surface area contributed by atoms with Crippen molar-refractivity contribution in [2.75, 3.05) is 0 Å². The highest BCUT2D eigenvalue weighted by Crippen LogP contribution is 2.41. The zero-order chi connectivity index (χ0) is 24.3. The van der Waals surface area contributed by atoms with E-state index in [9.17, 15) is 0 Å². The van der Waals surface area contributed by atoms with E-state index in [1.165, 1.54) is 0 Å². The van der Waals surface area contributed by atoms with Gasteiger partial charge >= 0.3 is 0 Å². The van der Waals surface area contributed by atoms with Crippen LogP contribution >= 0.6 is 0 Å². The molecule has 0 fully saturated rings. The number of aromatic nitrogens is 5. The Balaban J connectivity index is 2.32. The summed E-state index contributed by atoms with van der Waals surface area (Å²) in [7, 11) is 0. The van der Waals surface area contributed by atoms with Crippen molar-refractivity contribution >= 4 is 0 Å². The molecule has 2 N–H and O–H groups in total. The van der Waals surface area contributed by atoms with Crippen molar-refractivity contribution in [3.63, 3.8) is 0 Å². The summed E-state index contributed by atoms with van der Waals surface area (Å²) in [5, 5.41) is 16.2. The van der Waals surface area contributed by atoms with Crippen molar-refractivity contribution in [1.29, 1.82) is 0 Å². The SMILES string of the molecule is CC(C)(C)c1n[nH]c(C(C)(C)C)c1-c1cccc(-c2c(C(C)(C)C)n[nH]c2C(C)(C)C)n1. The summed E-state index contributed by atoms with van der Waals surface area (Å²) in [6.07, 6.45) is 0. The minimum atomic E-state index is -0.101. The van der Waals surface area contributed by atoms with Crippen LogP contribution in [0.5, 0.6) is 0 Å². The second-order valence-electron chi connectivity index (χ2n) is 13.1. The predicted octanol–water partition coefficient (Wildman–Crippen LogP) is 7.05. The first-order valence-corrected chi connectivity index (χ1v) is 11.6. The number of rotatable bonds is 2. The van der Waals surface area contributed by atoms with E-state index in [1.54, 1.807) is 0 Å². The van der Waals surface area contributed by atoms with Gasteiger partial charge in [0.15, 0.2) is 0 Å². The number of H-pyrrole nitrogens is 2. The smallest absolute Gasteiger partial charge is 0.0772 e. The number of pyridine rings is 1. The highest BCUT2D eigenvalue weighted by Gasteiger charge is 2.33. The normalized spacial score (nSPS) is 13.6. The second kappa shape index (κ2) is 7.57. The van der Waals surface area contributed by atoms with Gasteiger partial charge in [0.05, 0.1) is 34.2 Å². The molecule has 0 aliphatic rings. The Morgan fingerprint density at radius 2 is 0.875 bits per heavy atom. The number of aromatic amines is 2. The molecule has 0 amide bonds. The van der Waals surface area contributed by atoms with Crippen LogP contribution in [0.1, 0.15) is 106 Å². The van der Waals surface area contributed by atoms with E-state index in [4.69, 9.17) is 15.2 Å². The van der Waals surface area contributed by atoms with Crippen molar-refractivity contribution in [2.45, 2.75) is 105 Å². The number of hydrogen-bond acceptors (Lipinski definition) is 3. The van der Waals surface area contributed by atoms with Gasteiger partial charge in [0.25, 0.3) is 0 Å². The molecule has 0 atom stereocenters. The Morgan fingerprint density at radius 3 is 1.16 bits per heavy atom. The van der Waals surface area contributed by atoms with Crippen molar-refractivity contribution in [3.8, 4) is 22.5 Å². The summed E-state index contributed by atoms with van der Waals surface area (Å²) < 4.78 is 0. The molecule has 0 aromatic carbocycles. The Morgan fingerprint density at radius 1 is 0.531 bits per heavy atom. The minimum absolute atomic E-state index is 0.0771. The van der Waals surface area contributed by atoms with Crippen LogP contribution in [0, 0.1) is 0 Å². The average Bonchev–Trinajstić information content (AvgIpc) is 3.25. The first-order chi connectivity index (χ1) is 14.4. The van der Waals surface area contributed by atoms with Crippen molar-refractivity contribution in [2.24, 2.45) is 0 Å². The molecule has 32 heavy (non-hydrogen) atoms. The molecule has 5 nitrogen and oxygen atoms in total. The Bertz CT molecular complexity index is 954. The quantitative estimate of drug-likeness (QED) is 0.453. The lowest BCUT2D eigenvalue weighted by Gasteiger charge is -2.24. The van der Waals surface area contributed by atoms with E-state index in [-0.39, 0.29) is 21.7 Å². The standard InChI is InChI=1S/C27H41N5/c1-24(2,3)20-18(21(30-29-20)25(4,5)6)16-14-13-15-17(28-16)19-22(26(7,8)9)31-32-23(19)27(10,11)12/h13-15H,1-12H3,(H,29,30)(H,31,32). The van der Waals surface area contributed by atoms with E-state index in [1.807, 2.05) is 0 Å². The molecule has 3 aromatic heterocycles. The van der Waals surface area contributed by atoms with Gasteiger partial charge in [-0.3, -0.25) is 10.2 Å². The number of hydrogen-bond donors (Lipinski definition) is 2. The molecule has 0 saturated carbocycles. The molecule has 3 aromatic rings. The van der Waals surface area contributed by atoms with Crippen LogP contribution in [0.3, 0.4) is 0 Å². The lowest BCUT2D eigenvalue weighted by Crippen LogP contribution is -2.17. The van der Waals surface area contributed by atoms with Gasteiger partial charge in [-0.25, -0.2) is 4.98 Å². The molecule has 0 spiro atoms. The maximum absolute atomic E-state index is 5.23. The first-order valence-electron chi connectivity index (χ1n) is 11.6. The van der Waals surface area contributed by atoms with Gasteiger partial charge in [0.1, 0.15) is 0 Å². The predicted molar refractivity (Wildman–Crippen MR) is 134 cm³/mol. The third-order valence-electron chi connectivity index (χ3n) is 5.71. The summed E-state index contributed by atoms with van der Waals surface area (Å²) in [6, 6.07) is 6.31. The van der Waals surface area contributed by atoms with E-state index in [0.29, 0.717) is 0 Å². The third kappa shape index (κ3) is 4.53. The Kier molecular flexibility index (Phi) is 5.73. The van der Waals surface area contributed by atoms with E-state index in [2.05, 4.69) is 111 Å². The summed E-state index contributed by atoms with van der Waals surface area (Å²) in [6.45, 7) is 26.5. The van der Waals surface area contributed by atoms with Gasteiger partial charge < -0.3 is 0 Å². The van der Waals surface area contributed by atoms with Gasteiger partial charge in [0.2, 0.25) is 0 Å². The van der Waals surface area contributed by atoms with Crippen LogP contribution in [-0.4, -0.2) is 25.4 Å². The summed E-state index contributed by atoms with van der Waals surface area (Å²) in [5.41, 5.74) is 8.11. The second-order valence-corrected chi connectivity index (χ2v) is 13.1. The van der Waals surface area contributed by atoms with Crippen LogP contribution in [0.15, 0.2) is 18.2 Å². The summed E-state index contributed by atoms with van der Waals surface area (Å²) in [5.74, 6) is 0. The largest absolute Gasteiger partial charge is 0.281 e. The molecule has 174 valence electrons. The fourth-order valence-electron chi connectivity index (χ4n) is 4.07. The Hall–Kier alpha value is -2.43. The molecule has 5 heteroatoms. The van der Waals surface area contributed by atoms with Gasteiger partial charge in [-0.15, -0.1) is 0 Å². The molecule has 0 saturated heterocycles. The van der Waals surface area contributed by atoms with Gasteiger partial charge in [0, 0.05) is 32.8 Å². The first kappa shape index (κ1) is 24.2. The van der Waals surface area contributed by atoms with Crippen LogP contribution in [0.2, 0.25) is 0 Å². The van der Waals surface area contributed by atoms with E-state index < -0.39 is 0 Å². The zero-order valence-electron chi connectivity index (χ0n) is 22.1. The van der Waals surface area contributed by atoms with Crippen LogP contribution in [0.25, 0.3) is 22.5 Å². The molecule has 3 heterocycles. The maximum Gasteiger partial charge on any atom is 0.0772 e. The average molecular weight is 436 g/mol. The third-order valence-corrected chi connectivity index (χ3v) is 5.71. The van der Waals surface area contributed by atoms with E-state index in [0.717, 1.165) is 45.3 Å². The molecule has 0 radical (unpaired) electrons. The molecular formula is C27H41N5. The molecule has 0 bridgehead atoms. The number of nitrogens with zero attached hydrogens (tertiary/aromatic N) is 3. The van der Waals surface area contributed by atoms with E-state index >= 15 is 0 Å². The van der Waals surface area contributed by atoms with Gasteiger partial charge in [-0.1, -0.05) is 89.2 Å². The summed E-state index contributed by atoms with van der Waals surface area (Å²) in [4.78, 5) is 5.23.